The van der Waals surface area contributed by atoms with Gasteiger partial charge >= 0.3 is 0 Å². The molecule has 1 aliphatic heterocycles. The fraction of sp³-hybridized carbons (Fsp3) is 0.316. The molecule has 3 aromatic rings. The zero-order valence-electron chi connectivity index (χ0n) is 15.0. The number of hydrogen-bond acceptors (Lipinski definition) is 6. The Morgan fingerprint density at radius 3 is 2.85 bits per heavy atom. The lowest BCUT2D eigenvalue weighted by molar-refractivity contribution is -0.120. The van der Waals surface area contributed by atoms with Crippen LogP contribution in [0.25, 0.3) is 5.13 Å². The van der Waals surface area contributed by atoms with E-state index in [1.54, 1.807) is 7.11 Å². The van der Waals surface area contributed by atoms with Crippen LogP contribution in [-0.2, 0) is 4.79 Å². The molecule has 8 heteroatoms. The maximum absolute atomic E-state index is 12.7. The number of hydrogen-bond donors (Lipinski definition) is 1. The number of anilines is 2. The average Bonchev–Trinajstić information content (AvgIpc) is 3.40. The second kappa shape index (κ2) is 7.79. The number of piperidine rings is 1. The molecule has 27 heavy (non-hydrogen) atoms. The SMILES string of the molecule is COc1cccc(NC(=O)[C@H]2CCCN(c3nnc(-n4cccc4)s3)C2)c1. The molecule has 4 rings (SSSR count). The van der Waals surface area contributed by atoms with Crippen LogP contribution < -0.4 is 15.0 Å². The summed E-state index contributed by atoms with van der Waals surface area (Å²) in [4.78, 5) is 14.9. The number of carbonyl (C=O) groups excluding carboxylic acids is 1. The Bertz CT molecular complexity index is 908. The maximum Gasteiger partial charge on any atom is 0.229 e. The second-order valence-corrected chi connectivity index (χ2v) is 7.40. The van der Waals surface area contributed by atoms with Gasteiger partial charge in [0.05, 0.1) is 13.0 Å². The molecule has 1 fully saturated rings. The van der Waals surface area contributed by atoms with Crippen LogP contribution in [0, 0.1) is 5.92 Å². The first-order valence-corrected chi connectivity index (χ1v) is 9.71. The van der Waals surface area contributed by atoms with Crippen LogP contribution in [-0.4, -0.2) is 40.9 Å². The van der Waals surface area contributed by atoms with Crippen LogP contribution in [0.2, 0.25) is 0 Å². The quantitative estimate of drug-likeness (QED) is 0.733. The number of methoxy groups -OCH3 is 1. The van der Waals surface area contributed by atoms with Crippen LogP contribution >= 0.6 is 11.3 Å². The molecule has 1 aromatic carbocycles. The van der Waals surface area contributed by atoms with Crippen molar-refractivity contribution in [2.24, 2.45) is 5.92 Å². The summed E-state index contributed by atoms with van der Waals surface area (Å²) in [5.41, 5.74) is 0.752. The Morgan fingerprint density at radius 1 is 1.22 bits per heavy atom. The van der Waals surface area contributed by atoms with Crippen LogP contribution in [0.4, 0.5) is 10.8 Å². The van der Waals surface area contributed by atoms with Gasteiger partial charge in [-0.1, -0.05) is 17.4 Å². The van der Waals surface area contributed by atoms with Crippen molar-refractivity contribution < 1.29 is 9.53 Å². The van der Waals surface area contributed by atoms with Crippen molar-refractivity contribution in [3.8, 4) is 10.9 Å². The molecule has 1 saturated heterocycles. The van der Waals surface area contributed by atoms with Crippen molar-refractivity contribution in [3.05, 3.63) is 48.8 Å². The minimum Gasteiger partial charge on any atom is -0.497 e. The smallest absolute Gasteiger partial charge is 0.229 e. The van der Waals surface area contributed by atoms with Gasteiger partial charge in [0.1, 0.15) is 5.75 Å². The molecule has 1 N–H and O–H groups in total. The molecule has 1 amide bonds. The number of amides is 1. The maximum atomic E-state index is 12.7. The van der Waals surface area contributed by atoms with Crippen molar-refractivity contribution in [3.63, 3.8) is 0 Å². The topological polar surface area (TPSA) is 72.3 Å². The number of nitrogens with zero attached hydrogens (tertiary/aromatic N) is 4. The molecule has 140 valence electrons. The number of nitrogens with one attached hydrogen (secondary N) is 1. The minimum absolute atomic E-state index is 0.0306. The van der Waals surface area contributed by atoms with Gasteiger partial charge in [-0.3, -0.25) is 9.36 Å². The van der Waals surface area contributed by atoms with E-state index >= 15 is 0 Å². The first-order chi connectivity index (χ1) is 13.2. The standard InChI is InChI=1S/C19H21N5O2S/c1-26-16-8-4-7-15(12-16)20-17(25)14-6-5-11-24(13-14)19-22-21-18(27-19)23-9-2-3-10-23/h2-4,7-10,12,14H,5-6,11,13H2,1H3,(H,20,25)/t14-/m0/s1. The zero-order valence-corrected chi connectivity index (χ0v) is 15.9. The third-order valence-corrected chi connectivity index (χ3v) is 5.63. The van der Waals surface area contributed by atoms with Gasteiger partial charge in [-0.25, -0.2) is 0 Å². The monoisotopic (exact) mass is 383 g/mol. The number of benzene rings is 1. The van der Waals surface area contributed by atoms with Gasteiger partial charge in [-0.2, -0.15) is 0 Å². The first kappa shape index (κ1) is 17.5. The van der Waals surface area contributed by atoms with E-state index in [1.807, 2.05) is 53.4 Å². The summed E-state index contributed by atoms with van der Waals surface area (Å²) in [5.74, 6) is 0.677. The van der Waals surface area contributed by atoms with E-state index in [0.29, 0.717) is 6.54 Å². The van der Waals surface area contributed by atoms with Gasteiger partial charge < -0.3 is 15.0 Å². The van der Waals surface area contributed by atoms with Crippen LogP contribution in [0.3, 0.4) is 0 Å². The molecule has 0 spiro atoms. The third kappa shape index (κ3) is 3.95. The van der Waals surface area contributed by atoms with E-state index in [-0.39, 0.29) is 11.8 Å². The van der Waals surface area contributed by atoms with E-state index in [4.69, 9.17) is 4.74 Å². The molecule has 1 atom stereocenters. The number of ether oxygens (including phenoxy) is 1. The van der Waals surface area contributed by atoms with Gasteiger partial charge in [0, 0.05) is 37.2 Å². The lowest BCUT2D eigenvalue weighted by atomic mass is 9.97. The Kier molecular flexibility index (Phi) is 5.06. The zero-order chi connectivity index (χ0) is 18.6. The van der Waals surface area contributed by atoms with E-state index in [2.05, 4.69) is 20.4 Å². The van der Waals surface area contributed by atoms with Crippen molar-refractivity contribution in [2.75, 3.05) is 30.4 Å². The van der Waals surface area contributed by atoms with Gasteiger partial charge in [0.25, 0.3) is 0 Å². The molecule has 1 aliphatic rings. The number of carbonyl (C=O) groups is 1. The molecule has 0 saturated carbocycles. The Balaban J connectivity index is 1.42. The summed E-state index contributed by atoms with van der Waals surface area (Å²) in [5, 5.41) is 13.3. The third-order valence-electron chi connectivity index (χ3n) is 4.63. The predicted molar refractivity (Wildman–Crippen MR) is 106 cm³/mol. The highest BCUT2D eigenvalue weighted by Crippen LogP contribution is 2.28. The van der Waals surface area contributed by atoms with Crippen LogP contribution in [0.1, 0.15) is 12.8 Å². The fourth-order valence-corrected chi connectivity index (χ4v) is 4.06. The first-order valence-electron chi connectivity index (χ1n) is 8.89. The fourth-order valence-electron chi connectivity index (χ4n) is 3.21. The summed E-state index contributed by atoms with van der Waals surface area (Å²) in [7, 11) is 1.62. The largest absolute Gasteiger partial charge is 0.497 e. The normalized spacial score (nSPS) is 16.9. The Labute approximate surface area is 161 Å². The Hall–Kier alpha value is -2.87. The summed E-state index contributed by atoms with van der Waals surface area (Å²) in [6.45, 7) is 1.54. The molecular formula is C19H21N5O2S. The van der Waals surface area contributed by atoms with Gasteiger partial charge in [-0.05, 0) is 37.1 Å². The molecule has 0 aliphatic carbocycles. The van der Waals surface area contributed by atoms with E-state index in [0.717, 1.165) is 41.1 Å². The molecule has 2 aromatic heterocycles. The molecular weight excluding hydrogens is 362 g/mol. The van der Waals surface area contributed by atoms with Crippen molar-refractivity contribution >= 4 is 28.1 Å². The van der Waals surface area contributed by atoms with Gasteiger partial charge in [0.2, 0.25) is 16.2 Å². The summed E-state index contributed by atoms with van der Waals surface area (Å²) >= 11 is 1.54. The summed E-state index contributed by atoms with van der Waals surface area (Å²) in [6, 6.07) is 11.3. The molecule has 3 heterocycles. The number of aromatic nitrogens is 3. The highest BCUT2D eigenvalue weighted by molar-refractivity contribution is 7.17. The Morgan fingerprint density at radius 2 is 2.04 bits per heavy atom. The van der Waals surface area contributed by atoms with Crippen LogP contribution in [0.15, 0.2) is 48.8 Å². The van der Waals surface area contributed by atoms with E-state index in [1.165, 1.54) is 11.3 Å². The average molecular weight is 383 g/mol. The molecule has 0 unspecified atom stereocenters. The highest BCUT2D eigenvalue weighted by atomic mass is 32.1. The van der Waals surface area contributed by atoms with Gasteiger partial charge in [-0.15, -0.1) is 10.2 Å². The number of rotatable bonds is 5. The predicted octanol–water partition coefficient (Wildman–Crippen LogP) is 3.19. The second-order valence-electron chi connectivity index (χ2n) is 6.46. The molecule has 0 bridgehead atoms. The lowest BCUT2D eigenvalue weighted by Crippen LogP contribution is -2.40. The highest BCUT2D eigenvalue weighted by Gasteiger charge is 2.28. The van der Waals surface area contributed by atoms with Crippen LogP contribution in [0.5, 0.6) is 5.75 Å². The van der Waals surface area contributed by atoms with E-state index < -0.39 is 0 Å². The van der Waals surface area contributed by atoms with Crippen molar-refractivity contribution in [1.82, 2.24) is 14.8 Å². The summed E-state index contributed by atoms with van der Waals surface area (Å²) in [6.07, 6.45) is 5.72. The summed E-state index contributed by atoms with van der Waals surface area (Å²) < 4.78 is 7.16. The van der Waals surface area contributed by atoms with Crippen molar-refractivity contribution in [1.29, 1.82) is 0 Å². The van der Waals surface area contributed by atoms with E-state index in [9.17, 15) is 4.79 Å². The van der Waals surface area contributed by atoms with Crippen molar-refractivity contribution in [2.45, 2.75) is 12.8 Å². The molecule has 0 radical (unpaired) electrons. The minimum atomic E-state index is -0.0797. The van der Waals surface area contributed by atoms with Gasteiger partial charge in [0.15, 0.2) is 0 Å². The molecule has 7 nitrogen and oxygen atoms in total. The lowest BCUT2D eigenvalue weighted by Gasteiger charge is -2.31.